The standard InChI is InChI=1S/C27H37NO4SSi/c1-18(2)34(19(3)4,20(5)6)32-17-23-15-22(8)27-25(26(23)16-29)13-14-28(27)33(30,31)24-11-9-21(7)10-12-24/h9-16,18-20H,17H2,1-8H3. The Kier molecular flexibility index (Phi) is 7.60. The molecule has 1 heterocycles. The van der Waals surface area contributed by atoms with E-state index in [1.807, 2.05) is 19.9 Å². The van der Waals surface area contributed by atoms with Gasteiger partial charge in [-0.2, -0.15) is 0 Å². The Hall–Kier alpha value is -2.22. The van der Waals surface area contributed by atoms with Crippen molar-refractivity contribution in [1.82, 2.24) is 3.97 Å². The van der Waals surface area contributed by atoms with E-state index in [2.05, 4.69) is 41.5 Å². The molecule has 0 aliphatic heterocycles. The molecular weight excluding hydrogens is 462 g/mol. The number of hydrogen-bond donors (Lipinski definition) is 0. The Morgan fingerprint density at radius 2 is 1.50 bits per heavy atom. The van der Waals surface area contributed by atoms with Gasteiger partial charge in [-0.3, -0.25) is 4.79 Å². The molecule has 0 N–H and O–H groups in total. The number of carbonyl (C=O) groups is 1. The van der Waals surface area contributed by atoms with E-state index in [9.17, 15) is 13.2 Å². The molecular formula is C27H37NO4SSi. The van der Waals surface area contributed by atoms with Crippen molar-refractivity contribution in [1.29, 1.82) is 0 Å². The fourth-order valence-electron chi connectivity index (χ4n) is 5.58. The monoisotopic (exact) mass is 499 g/mol. The van der Waals surface area contributed by atoms with Crippen molar-refractivity contribution in [3.8, 4) is 0 Å². The molecule has 1 aromatic heterocycles. The first-order chi connectivity index (χ1) is 15.9. The normalized spacial score (nSPS) is 12.9. The molecule has 34 heavy (non-hydrogen) atoms. The number of aromatic nitrogens is 1. The second-order valence-corrected chi connectivity index (χ2v) is 17.5. The van der Waals surface area contributed by atoms with Crippen LogP contribution in [0.15, 0.2) is 47.5 Å². The largest absolute Gasteiger partial charge is 0.412 e. The lowest BCUT2D eigenvalue weighted by Crippen LogP contribution is -2.47. The van der Waals surface area contributed by atoms with Gasteiger partial charge in [0.25, 0.3) is 10.0 Å². The average Bonchev–Trinajstić information content (AvgIpc) is 3.20. The van der Waals surface area contributed by atoms with Crippen molar-refractivity contribution >= 4 is 35.5 Å². The van der Waals surface area contributed by atoms with E-state index < -0.39 is 18.3 Å². The van der Waals surface area contributed by atoms with Crippen LogP contribution in [0.1, 0.15) is 68.6 Å². The van der Waals surface area contributed by atoms with E-state index in [4.69, 9.17) is 4.43 Å². The molecule has 0 spiro atoms. The first kappa shape index (κ1) is 26.4. The van der Waals surface area contributed by atoms with Crippen LogP contribution in [0.25, 0.3) is 10.9 Å². The molecule has 0 unspecified atom stereocenters. The van der Waals surface area contributed by atoms with E-state index in [1.165, 1.54) is 3.97 Å². The minimum Gasteiger partial charge on any atom is -0.412 e. The Morgan fingerprint density at radius 3 is 2.00 bits per heavy atom. The van der Waals surface area contributed by atoms with Gasteiger partial charge in [0.1, 0.15) is 0 Å². The van der Waals surface area contributed by atoms with Crippen LogP contribution in [0.3, 0.4) is 0 Å². The molecule has 184 valence electrons. The smallest absolute Gasteiger partial charge is 0.268 e. The van der Waals surface area contributed by atoms with Crippen LogP contribution >= 0.6 is 0 Å². The van der Waals surface area contributed by atoms with Gasteiger partial charge in [-0.25, -0.2) is 12.4 Å². The molecule has 2 aromatic carbocycles. The Balaban J connectivity index is 2.11. The van der Waals surface area contributed by atoms with E-state index in [-0.39, 0.29) is 4.90 Å². The van der Waals surface area contributed by atoms with Crippen LogP contribution in [0.5, 0.6) is 0 Å². The molecule has 0 aliphatic rings. The maximum atomic E-state index is 13.4. The maximum absolute atomic E-state index is 13.4. The molecule has 0 bridgehead atoms. The molecule has 7 heteroatoms. The van der Waals surface area contributed by atoms with Gasteiger partial charge in [-0.15, -0.1) is 0 Å². The summed E-state index contributed by atoms with van der Waals surface area (Å²) in [6.07, 6.45) is 2.37. The summed E-state index contributed by atoms with van der Waals surface area (Å²) < 4.78 is 34.8. The lowest BCUT2D eigenvalue weighted by Gasteiger charge is -2.42. The van der Waals surface area contributed by atoms with Gasteiger partial charge in [-0.1, -0.05) is 65.3 Å². The summed E-state index contributed by atoms with van der Waals surface area (Å²) >= 11 is 0. The first-order valence-electron chi connectivity index (χ1n) is 11.9. The third-order valence-corrected chi connectivity index (χ3v) is 14.9. The number of aryl methyl sites for hydroxylation is 2. The quantitative estimate of drug-likeness (QED) is 0.235. The molecule has 5 nitrogen and oxygen atoms in total. The number of benzene rings is 2. The van der Waals surface area contributed by atoms with Crippen LogP contribution < -0.4 is 0 Å². The van der Waals surface area contributed by atoms with E-state index in [1.54, 1.807) is 36.5 Å². The molecule has 0 atom stereocenters. The molecule has 0 radical (unpaired) electrons. The van der Waals surface area contributed by atoms with Crippen molar-refractivity contribution < 1.29 is 17.6 Å². The molecule has 0 saturated heterocycles. The number of carbonyl (C=O) groups excluding carboxylic acids is 1. The van der Waals surface area contributed by atoms with Crippen molar-refractivity contribution in [3.05, 3.63) is 64.8 Å². The highest BCUT2D eigenvalue weighted by molar-refractivity contribution is 7.90. The van der Waals surface area contributed by atoms with Crippen LogP contribution in [-0.4, -0.2) is 27.0 Å². The highest BCUT2D eigenvalue weighted by Gasteiger charge is 2.45. The predicted molar refractivity (Wildman–Crippen MR) is 142 cm³/mol. The van der Waals surface area contributed by atoms with Crippen LogP contribution in [0.4, 0.5) is 0 Å². The van der Waals surface area contributed by atoms with Gasteiger partial charge in [0.05, 0.1) is 17.0 Å². The molecule has 3 rings (SSSR count). The minimum absolute atomic E-state index is 0.219. The van der Waals surface area contributed by atoms with Crippen LogP contribution in [0, 0.1) is 13.8 Å². The van der Waals surface area contributed by atoms with Gasteiger partial charge in [-0.05, 0) is 59.8 Å². The van der Waals surface area contributed by atoms with Crippen molar-refractivity contribution in [2.75, 3.05) is 0 Å². The number of fused-ring (bicyclic) bond motifs is 1. The zero-order chi connectivity index (χ0) is 25.4. The molecule has 3 aromatic rings. The van der Waals surface area contributed by atoms with Gasteiger partial charge in [0.2, 0.25) is 8.32 Å². The summed E-state index contributed by atoms with van der Waals surface area (Å²) in [6, 6.07) is 10.4. The second kappa shape index (κ2) is 9.80. The Labute approximate surface area is 205 Å². The number of rotatable bonds is 9. The maximum Gasteiger partial charge on any atom is 0.268 e. The lowest BCUT2D eigenvalue weighted by atomic mass is 10.0. The summed E-state index contributed by atoms with van der Waals surface area (Å²) in [6.45, 7) is 17.6. The SMILES string of the molecule is Cc1ccc(S(=O)(=O)n2ccc3c(C=O)c(CO[Si](C(C)C)(C(C)C)C(C)C)cc(C)c32)cc1. The van der Waals surface area contributed by atoms with Crippen LogP contribution in [-0.2, 0) is 21.1 Å². The van der Waals surface area contributed by atoms with E-state index in [0.29, 0.717) is 39.7 Å². The number of aldehydes is 1. The summed E-state index contributed by atoms with van der Waals surface area (Å²) in [4.78, 5) is 12.5. The van der Waals surface area contributed by atoms with Crippen LogP contribution in [0.2, 0.25) is 16.6 Å². The summed E-state index contributed by atoms with van der Waals surface area (Å²) in [5, 5.41) is 0.634. The molecule has 0 fully saturated rings. The zero-order valence-corrected chi connectivity index (χ0v) is 23.4. The Morgan fingerprint density at radius 1 is 0.941 bits per heavy atom. The fourth-order valence-corrected chi connectivity index (χ4v) is 12.4. The number of hydrogen-bond acceptors (Lipinski definition) is 4. The first-order valence-corrected chi connectivity index (χ1v) is 15.5. The topological polar surface area (TPSA) is 65.4 Å². The average molecular weight is 500 g/mol. The van der Waals surface area contributed by atoms with Crippen molar-refractivity contribution in [3.63, 3.8) is 0 Å². The summed E-state index contributed by atoms with van der Waals surface area (Å²) in [5.41, 5.74) is 4.91. The summed E-state index contributed by atoms with van der Waals surface area (Å²) in [7, 11) is -5.91. The second-order valence-electron chi connectivity index (χ2n) is 10.2. The van der Waals surface area contributed by atoms with Gasteiger partial charge < -0.3 is 4.43 Å². The molecule has 0 aliphatic carbocycles. The summed E-state index contributed by atoms with van der Waals surface area (Å²) in [5.74, 6) is 0. The minimum atomic E-state index is -3.79. The van der Waals surface area contributed by atoms with Gasteiger partial charge in [0, 0.05) is 17.1 Å². The third kappa shape index (κ3) is 4.41. The zero-order valence-electron chi connectivity index (χ0n) is 21.5. The van der Waals surface area contributed by atoms with Crippen molar-refractivity contribution in [2.45, 2.75) is 83.5 Å². The highest BCUT2D eigenvalue weighted by atomic mass is 32.2. The van der Waals surface area contributed by atoms with E-state index >= 15 is 0 Å². The number of nitrogens with zero attached hydrogens (tertiary/aromatic N) is 1. The highest BCUT2D eigenvalue weighted by Crippen LogP contribution is 2.43. The van der Waals surface area contributed by atoms with E-state index in [0.717, 1.165) is 23.0 Å². The molecule has 0 amide bonds. The Bertz CT molecular complexity index is 1270. The lowest BCUT2D eigenvalue weighted by molar-refractivity contribution is 0.112. The van der Waals surface area contributed by atoms with Gasteiger partial charge in [0.15, 0.2) is 6.29 Å². The fraction of sp³-hybridized carbons (Fsp3) is 0.444. The van der Waals surface area contributed by atoms with Crippen molar-refractivity contribution in [2.24, 2.45) is 0 Å². The molecule has 0 saturated carbocycles. The third-order valence-electron chi connectivity index (χ3n) is 7.13. The van der Waals surface area contributed by atoms with Gasteiger partial charge >= 0.3 is 0 Å². The predicted octanol–water partition coefficient (Wildman–Crippen LogP) is 7.00.